The van der Waals surface area contributed by atoms with Crippen LogP contribution in [0.5, 0.6) is 11.6 Å². The van der Waals surface area contributed by atoms with Crippen LogP contribution in [0.1, 0.15) is 28.8 Å². The summed E-state index contributed by atoms with van der Waals surface area (Å²) in [5.41, 5.74) is 3.56. The third-order valence-corrected chi connectivity index (χ3v) is 4.59. The van der Waals surface area contributed by atoms with E-state index in [-0.39, 0.29) is 5.78 Å². The highest BCUT2D eigenvalue weighted by molar-refractivity contribution is 5.95. The molecular formula is C23H20N4O2. The van der Waals surface area contributed by atoms with Crippen LogP contribution < -0.4 is 4.74 Å². The van der Waals surface area contributed by atoms with Crippen LogP contribution in [0.4, 0.5) is 0 Å². The molecule has 2 heterocycles. The molecule has 0 aliphatic carbocycles. The normalized spacial score (nSPS) is 10.7. The number of nitrogens with zero attached hydrogens (tertiary/aromatic N) is 4. The standard InChI is InChI=1S/C23H20N4O2/c1-15-21(16(2)28)14-24-27(15)22-13-23(26-17(3)25-22)29-20-11-9-19(10-12-20)18-7-5-4-6-8-18/h4-14H,1-3H3. The Labute approximate surface area is 168 Å². The summed E-state index contributed by atoms with van der Waals surface area (Å²) in [4.78, 5) is 20.5. The Morgan fingerprint density at radius 1 is 0.931 bits per heavy atom. The fourth-order valence-corrected chi connectivity index (χ4v) is 3.14. The molecule has 0 atom stereocenters. The summed E-state index contributed by atoms with van der Waals surface area (Å²) in [5.74, 6) is 2.17. The van der Waals surface area contributed by atoms with Gasteiger partial charge in [0.25, 0.3) is 0 Å². The number of rotatable bonds is 5. The summed E-state index contributed by atoms with van der Waals surface area (Å²) in [6.45, 7) is 5.15. The molecule has 0 aliphatic rings. The Hall–Kier alpha value is -3.80. The van der Waals surface area contributed by atoms with Gasteiger partial charge >= 0.3 is 0 Å². The number of benzene rings is 2. The Kier molecular flexibility index (Phi) is 4.91. The zero-order valence-corrected chi connectivity index (χ0v) is 16.5. The third-order valence-electron chi connectivity index (χ3n) is 4.59. The van der Waals surface area contributed by atoms with Gasteiger partial charge in [0.15, 0.2) is 11.6 Å². The molecule has 6 heteroatoms. The second kappa shape index (κ2) is 7.67. The number of carbonyl (C=O) groups is 1. The Bertz CT molecular complexity index is 1170. The van der Waals surface area contributed by atoms with Gasteiger partial charge in [0, 0.05) is 6.07 Å². The van der Waals surface area contributed by atoms with Gasteiger partial charge in [0.05, 0.1) is 17.5 Å². The first-order valence-electron chi connectivity index (χ1n) is 9.26. The number of carbonyl (C=O) groups excluding carboxylic acids is 1. The lowest BCUT2D eigenvalue weighted by Gasteiger charge is -2.10. The van der Waals surface area contributed by atoms with Crippen LogP contribution in [-0.4, -0.2) is 25.5 Å². The van der Waals surface area contributed by atoms with Gasteiger partial charge in [-0.15, -0.1) is 0 Å². The molecule has 2 aromatic carbocycles. The first-order chi connectivity index (χ1) is 14.0. The molecule has 29 heavy (non-hydrogen) atoms. The fraction of sp³-hybridized carbons (Fsp3) is 0.130. The topological polar surface area (TPSA) is 69.9 Å². The number of Topliss-reactive ketones (excluding diaryl/α,β-unsaturated/α-hetero) is 1. The minimum Gasteiger partial charge on any atom is -0.439 e. The molecule has 4 aromatic rings. The van der Waals surface area contributed by atoms with E-state index in [0.29, 0.717) is 28.8 Å². The molecule has 0 radical (unpaired) electrons. The SMILES string of the molecule is CC(=O)c1cnn(-c2cc(Oc3ccc(-c4ccccc4)cc3)nc(C)n2)c1C. The molecule has 0 bridgehead atoms. The van der Waals surface area contributed by atoms with E-state index in [2.05, 4.69) is 27.2 Å². The monoisotopic (exact) mass is 384 g/mol. The zero-order chi connectivity index (χ0) is 20.4. The van der Waals surface area contributed by atoms with E-state index in [9.17, 15) is 4.79 Å². The Morgan fingerprint density at radius 2 is 1.62 bits per heavy atom. The predicted octanol–water partition coefficient (Wildman–Crippen LogP) is 4.94. The molecule has 0 amide bonds. The Balaban J connectivity index is 1.61. The van der Waals surface area contributed by atoms with Crippen LogP contribution in [-0.2, 0) is 0 Å². The first kappa shape index (κ1) is 18.6. The second-order valence-corrected chi connectivity index (χ2v) is 6.72. The van der Waals surface area contributed by atoms with Crippen molar-refractivity contribution in [2.24, 2.45) is 0 Å². The van der Waals surface area contributed by atoms with Crippen molar-refractivity contribution in [3.63, 3.8) is 0 Å². The highest BCUT2D eigenvalue weighted by Crippen LogP contribution is 2.26. The van der Waals surface area contributed by atoms with Gasteiger partial charge in [-0.05, 0) is 44.0 Å². The van der Waals surface area contributed by atoms with Gasteiger partial charge in [0.1, 0.15) is 11.6 Å². The summed E-state index contributed by atoms with van der Waals surface area (Å²) in [5, 5.41) is 4.29. The lowest BCUT2D eigenvalue weighted by Crippen LogP contribution is -2.06. The van der Waals surface area contributed by atoms with E-state index in [1.807, 2.05) is 49.4 Å². The molecule has 0 N–H and O–H groups in total. The number of hydrogen-bond acceptors (Lipinski definition) is 5. The first-order valence-corrected chi connectivity index (χ1v) is 9.26. The summed E-state index contributed by atoms with van der Waals surface area (Å²) in [6, 6.07) is 19.7. The van der Waals surface area contributed by atoms with Gasteiger partial charge in [-0.25, -0.2) is 9.67 Å². The summed E-state index contributed by atoms with van der Waals surface area (Å²) in [6.07, 6.45) is 1.55. The van der Waals surface area contributed by atoms with Crippen LogP contribution in [0.3, 0.4) is 0 Å². The molecular weight excluding hydrogens is 364 g/mol. The molecule has 0 spiro atoms. The quantitative estimate of drug-likeness (QED) is 0.456. The van der Waals surface area contributed by atoms with Crippen molar-refractivity contribution in [2.45, 2.75) is 20.8 Å². The van der Waals surface area contributed by atoms with Gasteiger partial charge in [-0.2, -0.15) is 10.1 Å². The van der Waals surface area contributed by atoms with Crippen LogP contribution in [0, 0.1) is 13.8 Å². The van der Waals surface area contributed by atoms with Gasteiger partial charge < -0.3 is 4.74 Å². The maximum atomic E-state index is 11.7. The smallest absolute Gasteiger partial charge is 0.224 e. The highest BCUT2D eigenvalue weighted by Gasteiger charge is 2.14. The third kappa shape index (κ3) is 3.91. The molecule has 0 unspecified atom stereocenters. The number of aromatic nitrogens is 4. The van der Waals surface area contributed by atoms with E-state index in [4.69, 9.17) is 4.74 Å². The van der Waals surface area contributed by atoms with Gasteiger partial charge in [-0.1, -0.05) is 42.5 Å². The van der Waals surface area contributed by atoms with E-state index < -0.39 is 0 Å². The largest absolute Gasteiger partial charge is 0.439 e. The van der Waals surface area contributed by atoms with Crippen molar-refractivity contribution >= 4 is 5.78 Å². The van der Waals surface area contributed by atoms with Crippen molar-refractivity contribution in [1.29, 1.82) is 0 Å². The minimum atomic E-state index is -0.0329. The number of hydrogen-bond donors (Lipinski definition) is 0. The van der Waals surface area contributed by atoms with Gasteiger partial charge in [0.2, 0.25) is 5.88 Å². The van der Waals surface area contributed by atoms with Crippen molar-refractivity contribution in [3.05, 3.63) is 83.9 Å². The lowest BCUT2D eigenvalue weighted by molar-refractivity contribution is 0.101. The summed E-state index contributed by atoms with van der Waals surface area (Å²) < 4.78 is 7.57. The van der Waals surface area contributed by atoms with Gasteiger partial charge in [-0.3, -0.25) is 4.79 Å². The van der Waals surface area contributed by atoms with Crippen molar-refractivity contribution in [1.82, 2.24) is 19.7 Å². The molecule has 4 rings (SSSR count). The van der Waals surface area contributed by atoms with E-state index in [0.717, 1.165) is 16.8 Å². The van der Waals surface area contributed by atoms with Crippen LogP contribution in [0.15, 0.2) is 66.9 Å². The fourth-order valence-electron chi connectivity index (χ4n) is 3.14. The van der Waals surface area contributed by atoms with Crippen molar-refractivity contribution in [3.8, 4) is 28.6 Å². The molecule has 0 fully saturated rings. The predicted molar refractivity (Wildman–Crippen MR) is 111 cm³/mol. The van der Waals surface area contributed by atoms with Crippen molar-refractivity contribution in [2.75, 3.05) is 0 Å². The number of ketones is 1. The molecule has 6 nitrogen and oxygen atoms in total. The minimum absolute atomic E-state index is 0.0329. The number of aryl methyl sites for hydroxylation is 1. The molecule has 0 aliphatic heterocycles. The second-order valence-electron chi connectivity index (χ2n) is 6.72. The summed E-state index contributed by atoms with van der Waals surface area (Å²) in [7, 11) is 0. The average Bonchev–Trinajstić information content (AvgIpc) is 3.10. The maximum Gasteiger partial charge on any atom is 0.224 e. The van der Waals surface area contributed by atoms with Crippen molar-refractivity contribution < 1.29 is 9.53 Å². The van der Waals surface area contributed by atoms with Crippen LogP contribution >= 0.6 is 0 Å². The molecule has 0 saturated heterocycles. The Morgan fingerprint density at radius 3 is 2.28 bits per heavy atom. The molecule has 0 saturated carbocycles. The average molecular weight is 384 g/mol. The molecule has 144 valence electrons. The van der Waals surface area contributed by atoms with E-state index in [1.165, 1.54) is 6.92 Å². The van der Waals surface area contributed by atoms with E-state index in [1.54, 1.807) is 23.9 Å². The van der Waals surface area contributed by atoms with Crippen LogP contribution in [0.25, 0.3) is 16.9 Å². The van der Waals surface area contributed by atoms with Crippen LogP contribution in [0.2, 0.25) is 0 Å². The maximum absolute atomic E-state index is 11.7. The number of ether oxygens (including phenoxy) is 1. The zero-order valence-electron chi connectivity index (χ0n) is 16.5. The summed E-state index contributed by atoms with van der Waals surface area (Å²) >= 11 is 0. The molecule has 2 aromatic heterocycles. The highest BCUT2D eigenvalue weighted by atomic mass is 16.5. The lowest BCUT2D eigenvalue weighted by atomic mass is 10.1. The van der Waals surface area contributed by atoms with E-state index >= 15 is 0 Å².